The third-order valence-corrected chi connectivity index (χ3v) is 4.71. The number of pyridine rings is 1. The Morgan fingerprint density at radius 3 is 2.56 bits per heavy atom. The van der Waals surface area contributed by atoms with E-state index < -0.39 is 5.60 Å². The van der Waals surface area contributed by atoms with Gasteiger partial charge in [-0.25, -0.2) is 9.78 Å². The summed E-state index contributed by atoms with van der Waals surface area (Å²) in [6.45, 7) is 8.74. The van der Waals surface area contributed by atoms with Crippen molar-refractivity contribution in [2.75, 3.05) is 26.7 Å². The van der Waals surface area contributed by atoms with Crippen molar-refractivity contribution < 1.29 is 19.1 Å². The second-order valence-electron chi connectivity index (χ2n) is 6.95. The van der Waals surface area contributed by atoms with Crippen LogP contribution in [0.15, 0.2) is 12.3 Å². The molecule has 25 heavy (non-hydrogen) atoms. The molecule has 1 aliphatic heterocycles. The molecule has 0 radical (unpaired) electrons. The highest BCUT2D eigenvalue weighted by molar-refractivity contribution is 14.1. The molecule has 0 N–H and O–H groups in total. The van der Waals surface area contributed by atoms with Crippen molar-refractivity contribution in [3.8, 4) is 5.88 Å². The van der Waals surface area contributed by atoms with E-state index in [4.69, 9.17) is 9.47 Å². The largest absolute Gasteiger partial charge is 0.480 e. The molecule has 1 atom stereocenters. The van der Waals surface area contributed by atoms with Crippen molar-refractivity contribution >= 4 is 34.6 Å². The lowest BCUT2D eigenvalue weighted by Gasteiger charge is -2.40. The van der Waals surface area contributed by atoms with Crippen LogP contribution in [0.1, 0.15) is 38.1 Å². The summed E-state index contributed by atoms with van der Waals surface area (Å²) in [6.07, 6.45) is 1.26. The maximum absolute atomic E-state index is 12.9. The standard InChI is InChI=1S/C17H24IN3O4/c1-11-10-20(8-9-21(11)16(23)25-17(2,3)4)15(22)13-12(18)6-7-19-14(13)24-5/h6-7,11H,8-10H2,1-5H3. The normalized spacial score (nSPS) is 18.1. The Morgan fingerprint density at radius 2 is 2.00 bits per heavy atom. The smallest absolute Gasteiger partial charge is 0.410 e. The molecule has 2 heterocycles. The minimum absolute atomic E-state index is 0.132. The van der Waals surface area contributed by atoms with Gasteiger partial charge in [0.15, 0.2) is 0 Å². The van der Waals surface area contributed by atoms with Crippen LogP contribution in [0.3, 0.4) is 0 Å². The van der Waals surface area contributed by atoms with Gasteiger partial charge in [0.1, 0.15) is 11.2 Å². The fourth-order valence-electron chi connectivity index (χ4n) is 2.66. The number of amides is 2. The van der Waals surface area contributed by atoms with Gasteiger partial charge in [0.2, 0.25) is 5.88 Å². The van der Waals surface area contributed by atoms with Crippen LogP contribution in [-0.2, 0) is 4.74 Å². The van der Waals surface area contributed by atoms with Gasteiger partial charge in [-0.1, -0.05) is 0 Å². The molecule has 2 rings (SSSR count). The number of carbonyl (C=O) groups is 2. The lowest BCUT2D eigenvalue weighted by Crippen LogP contribution is -2.56. The molecule has 7 nitrogen and oxygen atoms in total. The van der Waals surface area contributed by atoms with E-state index in [1.54, 1.807) is 22.1 Å². The molecular formula is C17H24IN3O4. The molecule has 1 fully saturated rings. The van der Waals surface area contributed by atoms with E-state index in [-0.39, 0.29) is 18.0 Å². The van der Waals surface area contributed by atoms with Gasteiger partial charge in [-0.05, 0) is 56.4 Å². The number of hydrogen-bond donors (Lipinski definition) is 0. The molecule has 8 heteroatoms. The zero-order valence-corrected chi connectivity index (χ0v) is 17.4. The quantitative estimate of drug-likeness (QED) is 0.634. The number of halogens is 1. The van der Waals surface area contributed by atoms with Gasteiger partial charge in [-0.2, -0.15) is 0 Å². The van der Waals surface area contributed by atoms with Gasteiger partial charge in [0, 0.05) is 35.4 Å². The van der Waals surface area contributed by atoms with Crippen molar-refractivity contribution in [3.05, 3.63) is 21.4 Å². The van der Waals surface area contributed by atoms with Crippen molar-refractivity contribution in [1.82, 2.24) is 14.8 Å². The highest BCUT2D eigenvalue weighted by Gasteiger charge is 2.34. The lowest BCUT2D eigenvalue weighted by molar-refractivity contribution is 0.00190. The Labute approximate surface area is 161 Å². The number of aromatic nitrogens is 1. The average Bonchev–Trinajstić information content (AvgIpc) is 2.52. The summed E-state index contributed by atoms with van der Waals surface area (Å²) in [7, 11) is 1.50. The molecule has 1 aliphatic rings. The molecule has 0 aliphatic carbocycles. The number of carbonyl (C=O) groups excluding carboxylic acids is 2. The highest BCUT2D eigenvalue weighted by Crippen LogP contribution is 2.24. The Kier molecular flexibility index (Phi) is 6.12. The maximum Gasteiger partial charge on any atom is 0.410 e. The number of hydrogen-bond acceptors (Lipinski definition) is 5. The summed E-state index contributed by atoms with van der Waals surface area (Å²) in [5.41, 5.74) is -0.0772. The Balaban J connectivity index is 2.11. The molecule has 1 saturated heterocycles. The molecule has 0 bridgehead atoms. The Morgan fingerprint density at radius 1 is 1.32 bits per heavy atom. The van der Waals surface area contributed by atoms with Gasteiger partial charge < -0.3 is 19.3 Å². The van der Waals surface area contributed by atoms with E-state index >= 15 is 0 Å². The second kappa shape index (κ2) is 7.76. The lowest BCUT2D eigenvalue weighted by atomic mass is 10.1. The summed E-state index contributed by atoms with van der Waals surface area (Å²) < 4.78 is 11.5. The summed E-state index contributed by atoms with van der Waals surface area (Å²) >= 11 is 2.10. The number of rotatable bonds is 2. The first-order chi connectivity index (χ1) is 11.6. The molecule has 1 unspecified atom stereocenters. The molecule has 1 aromatic rings. The highest BCUT2D eigenvalue weighted by atomic mass is 127. The van der Waals surface area contributed by atoms with Crippen LogP contribution < -0.4 is 4.74 Å². The van der Waals surface area contributed by atoms with E-state index in [1.165, 1.54) is 7.11 Å². The maximum atomic E-state index is 12.9. The van der Waals surface area contributed by atoms with E-state index in [1.807, 2.05) is 27.7 Å². The first-order valence-electron chi connectivity index (χ1n) is 8.11. The van der Waals surface area contributed by atoms with Crippen molar-refractivity contribution in [1.29, 1.82) is 0 Å². The summed E-state index contributed by atoms with van der Waals surface area (Å²) in [5.74, 6) is 0.184. The fourth-order valence-corrected chi connectivity index (χ4v) is 3.28. The number of ether oxygens (including phenoxy) is 2. The van der Waals surface area contributed by atoms with Crippen LogP contribution in [0.25, 0.3) is 0 Å². The minimum atomic E-state index is -0.539. The third-order valence-electron chi connectivity index (χ3n) is 3.82. The van der Waals surface area contributed by atoms with Crippen LogP contribution in [0.4, 0.5) is 4.79 Å². The Hall–Kier alpha value is -1.58. The van der Waals surface area contributed by atoms with Crippen LogP contribution in [0.5, 0.6) is 5.88 Å². The van der Waals surface area contributed by atoms with Gasteiger partial charge >= 0.3 is 6.09 Å². The summed E-state index contributed by atoms with van der Waals surface area (Å²) in [6, 6.07) is 1.64. The zero-order valence-electron chi connectivity index (χ0n) is 15.2. The molecule has 0 saturated carbocycles. The zero-order chi connectivity index (χ0) is 18.8. The summed E-state index contributed by atoms with van der Waals surface area (Å²) in [4.78, 5) is 32.7. The van der Waals surface area contributed by atoms with Crippen LogP contribution in [0, 0.1) is 3.57 Å². The summed E-state index contributed by atoms with van der Waals surface area (Å²) in [5, 5.41) is 0. The molecule has 0 aromatic carbocycles. The van der Waals surface area contributed by atoms with Gasteiger partial charge in [0.05, 0.1) is 7.11 Å². The monoisotopic (exact) mass is 461 g/mol. The van der Waals surface area contributed by atoms with Crippen molar-refractivity contribution in [2.24, 2.45) is 0 Å². The predicted octanol–water partition coefficient (Wildman–Crippen LogP) is 2.78. The van der Waals surface area contributed by atoms with Crippen molar-refractivity contribution in [2.45, 2.75) is 39.3 Å². The first kappa shape index (κ1) is 19.7. The third kappa shape index (κ3) is 4.74. The SMILES string of the molecule is COc1nccc(I)c1C(=O)N1CCN(C(=O)OC(C)(C)C)C(C)C1. The van der Waals surface area contributed by atoms with E-state index in [0.717, 1.165) is 3.57 Å². The Bertz CT molecular complexity index is 660. The fraction of sp³-hybridized carbons (Fsp3) is 0.588. The van der Waals surface area contributed by atoms with Crippen LogP contribution in [0.2, 0.25) is 0 Å². The van der Waals surface area contributed by atoms with Gasteiger partial charge in [0.25, 0.3) is 5.91 Å². The van der Waals surface area contributed by atoms with Gasteiger partial charge in [-0.15, -0.1) is 0 Å². The molecule has 138 valence electrons. The average molecular weight is 461 g/mol. The number of piperazine rings is 1. The molecule has 0 spiro atoms. The van der Waals surface area contributed by atoms with E-state index in [2.05, 4.69) is 27.6 Å². The molecule has 1 aromatic heterocycles. The van der Waals surface area contributed by atoms with Crippen molar-refractivity contribution in [3.63, 3.8) is 0 Å². The first-order valence-corrected chi connectivity index (χ1v) is 9.19. The molecular weight excluding hydrogens is 437 g/mol. The second-order valence-corrected chi connectivity index (χ2v) is 8.11. The van der Waals surface area contributed by atoms with Gasteiger partial charge in [-0.3, -0.25) is 4.79 Å². The van der Waals surface area contributed by atoms with E-state index in [9.17, 15) is 9.59 Å². The van der Waals surface area contributed by atoms with Crippen LogP contribution in [-0.4, -0.2) is 65.2 Å². The topological polar surface area (TPSA) is 72.0 Å². The minimum Gasteiger partial charge on any atom is -0.480 e. The number of methoxy groups -OCH3 is 1. The number of nitrogens with zero attached hydrogens (tertiary/aromatic N) is 3. The predicted molar refractivity (Wildman–Crippen MR) is 102 cm³/mol. The van der Waals surface area contributed by atoms with E-state index in [0.29, 0.717) is 31.1 Å². The molecule has 2 amide bonds. The van der Waals surface area contributed by atoms with Crippen LogP contribution >= 0.6 is 22.6 Å².